The first-order valence-corrected chi connectivity index (χ1v) is 24.3. The fourth-order valence-electron chi connectivity index (χ4n) is 11.7. The molecular formula is C64H40B2N2O3. The number of furan rings is 1. The lowest BCUT2D eigenvalue weighted by molar-refractivity contribution is 0.427. The molecule has 0 spiro atoms. The second kappa shape index (κ2) is 15.7. The van der Waals surface area contributed by atoms with Gasteiger partial charge in [0.15, 0.2) is 0 Å². The first-order valence-electron chi connectivity index (χ1n) is 24.3. The number of benzene rings is 10. The van der Waals surface area contributed by atoms with Gasteiger partial charge in [0.25, 0.3) is 0 Å². The van der Waals surface area contributed by atoms with E-state index in [9.17, 15) is 0 Å². The van der Waals surface area contributed by atoms with E-state index in [1.807, 2.05) is 0 Å². The molecule has 15 rings (SSSR count). The molecule has 11 aromatic rings. The molecule has 1 aromatic heterocycles. The second-order valence-electron chi connectivity index (χ2n) is 18.7. The Hall–Kier alpha value is -9.19. The van der Waals surface area contributed by atoms with Crippen molar-refractivity contribution in [3.63, 3.8) is 0 Å². The van der Waals surface area contributed by atoms with Crippen LogP contribution in [-0.4, -0.2) is 13.4 Å². The number of nitrogens with zero attached hydrogens (tertiary/aromatic N) is 2. The standard InChI is InChI=1S/C64H40B2N2O3/c1-5-19-41(20-6-1)45-35-46(42-21-7-2-8-22-42)38-49(37-45)67-53-29-15-13-27-51(53)65-59-55(67)31-17-33-57(59)69-61-62-64(71-63(61)65)66-52-28-14-16-30-54(52)68(56-32-18-34-58(70-62)60(56)66)50-39-47(43-23-9-3-10-24-43)36-48(40-50)44-25-11-4-12-26-44/h1-40H. The van der Waals surface area contributed by atoms with Crippen molar-refractivity contribution >= 4 is 80.7 Å². The summed E-state index contributed by atoms with van der Waals surface area (Å²) >= 11 is 0. The van der Waals surface area contributed by atoms with Gasteiger partial charge >= 0.3 is 13.4 Å². The van der Waals surface area contributed by atoms with E-state index in [0.29, 0.717) is 11.5 Å². The molecule has 0 aliphatic carbocycles. The third-order valence-corrected chi connectivity index (χ3v) is 14.7. The Morgan fingerprint density at radius 1 is 0.282 bits per heavy atom. The van der Waals surface area contributed by atoms with Gasteiger partial charge in [-0.2, -0.15) is 0 Å². The van der Waals surface area contributed by atoms with Crippen LogP contribution in [0.4, 0.5) is 34.1 Å². The van der Waals surface area contributed by atoms with Gasteiger partial charge in [0, 0.05) is 45.0 Å². The van der Waals surface area contributed by atoms with E-state index < -0.39 is 0 Å². The Bertz CT molecular complexity index is 3550. The lowest BCUT2D eigenvalue weighted by atomic mass is 9.36. The van der Waals surface area contributed by atoms with Gasteiger partial charge in [-0.25, -0.2) is 0 Å². The highest BCUT2D eigenvalue weighted by Crippen LogP contribution is 2.48. The van der Waals surface area contributed by atoms with Gasteiger partial charge in [0.05, 0.1) is 0 Å². The molecule has 5 nitrogen and oxygen atoms in total. The quantitative estimate of drug-likeness (QED) is 0.155. The monoisotopic (exact) mass is 906 g/mol. The zero-order chi connectivity index (χ0) is 46.6. The van der Waals surface area contributed by atoms with Crippen LogP contribution in [0.25, 0.3) is 44.5 Å². The minimum Gasteiger partial charge on any atom is -0.477 e. The Morgan fingerprint density at radius 3 is 0.972 bits per heavy atom. The maximum atomic E-state index is 7.44. The summed E-state index contributed by atoms with van der Waals surface area (Å²) in [6.45, 7) is -0.514. The van der Waals surface area contributed by atoms with Gasteiger partial charge in [0.2, 0.25) is 11.5 Å². The summed E-state index contributed by atoms with van der Waals surface area (Å²) in [5, 5.41) is 0. The maximum Gasteiger partial charge on any atom is 0.301 e. The van der Waals surface area contributed by atoms with Gasteiger partial charge < -0.3 is 23.7 Å². The summed E-state index contributed by atoms with van der Waals surface area (Å²) in [6.07, 6.45) is 0. The van der Waals surface area contributed by atoms with Gasteiger partial charge in [-0.05, 0) is 128 Å². The van der Waals surface area contributed by atoms with E-state index in [-0.39, 0.29) is 13.4 Å². The van der Waals surface area contributed by atoms with E-state index in [2.05, 4.69) is 252 Å². The molecule has 0 N–H and O–H groups in total. The van der Waals surface area contributed by atoms with Crippen LogP contribution in [0.5, 0.6) is 23.0 Å². The molecule has 71 heavy (non-hydrogen) atoms. The van der Waals surface area contributed by atoms with Crippen molar-refractivity contribution in [3.05, 3.63) is 243 Å². The first kappa shape index (κ1) is 39.8. The summed E-state index contributed by atoms with van der Waals surface area (Å²) in [5.74, 6) is 2.84. The molecule has 10 aromatic carbocycles. The zero-order valence-corrected chi connectivity index (χ0v) is 38.4. The average Bonchev–Trinajstić information content (AvgIpc) is 3.81. The van der Waals surface area contributed by atoms with Crippen LogP contribution in [0.1, 0.15) is 0 Å². The minimum absolute atomic E-state index is 0.257. The summed E-state index contributed by atoms with van der Waals surface area (Å²) in [6, 6.07) is 86.8. The normalized spacial score (nSPS) is 13.2. The smallest absolute Gasteiger partial charge is 0.301 e. The molecule has 4 aliphatic rings. The van der Waals surface area contributed by atoms with Crippen LogP contribution >= 0.6 is 0 Å². The fraction of sp³-hybridized carbons (Fsp3) is 0. The number of anilines is 6. The number of hydrogen-bond acceptors (Lipinski definition) is 5. The van der Waals surface area contributed by atoms with Gasteiger partial charge in [-0.1, -0.05) is 170 Å². The first-order chi connectivity index (χ1) is 35.2. The number of fused-ring (bicyclic) bond motifs is 9. The molecule has 0 bridgehead atoms. The van der Waals surface area contributed by atoms with Gasteiger partial charge in [-0.15, -0.1) is 0 Å². The van der Waals surface area contributed by atoms with Crippen LogP contribution in [0.2, 0.25) is 0 Å². The number of ether oxygens (including phenoxy) is 2. The van der Waals surface area contributed by atoms with E-state index in [0.717, 1.165) is 123 Å². The molecule has 0 unspecified atom stereocenters. The van der Waals surface area contributed by atoms with E-state index in [1.54, 1.807) is 0 Å². The molecule has 0 amide bonds. The van der Waals surface area contributed by atoms with Crippen molar-refractivity contribution in [3.8, 4) is 67.5 Å². The van der Waals surface area contributed by atoms with Crippen LogP contribution in [-0.2, 0) is 0 Å². The van der Waals surface area contributed by atoms with Crippen LogP contribution in [0.15, 0.2) is 247 Å². The van der Waals surface area contributed by atoms with Crippen molar-refractivity contribution in [1.82, 2.24) is 0 Å². The van der Waals surface area contributed by atoms with E-state index >= 15 is 0 Å². The van der Waals surface area contributed by atoms with E-state index in [1.165, 1.54) is 0 Å². The molecular weight excluding hydrogens is 866 g/mol. The predicted octanol–water partition coefficient (Wildman–Crippen LogP) is 12.8. The van der Waals surface area contributed by atoms with Crippen LogP contribution < -0.4 is 52.4 Å². The fourth-order valence-corrected chi connectivity index (χ4v) is 11.7. The number of para-hydroxylation sites is 2. The summed E-state index contributed by atoms with van der Waals surface area (Å²) in [7, 11) is 0. The largest absolute Gasteiger partial charge is 0.477 e. The molecule has 0 radical (unpaired) electrons. The summed E-state index contributed by atoms with van der Waals surface area (Å²) < 4.78 is 21.7. The summed E-state index contributed by atoms with van der Waals surface area (Å²) in [4.78, 5) is 4.81. The summed E-state index contributed by atoms with van der Waals surface area (Å²) in [5.41, 5.74) is 21.5. The highest BCUT2D eigenvalue weighted by molar-refractivity contribution is 7.01. The highest BCUT2D eigenvalue weighted by atomic mass is 16.5. The Kier molecular flexibility index (Phi) is 8.78. The molecule has 4 aliphatic heterocycles. The lowest BCUT2D eigenvalue weighted by Crippen LogP contribution is -2.60. The lowest BCUT2D eigenvalue weighted by Gasteiger charge is -2.39. The molecule has 330 valence electrons. The topological polar surface area (TPSA) is 38.1 Å². The Balaban J connectivity index is 0.893. The number of hydrogen-bond donors (Lipinski definition) is 0. The average molecular weight is 907 g/mol. The molecule has 5 heterocycles. The predicted molar refractivity (Wildman–Crippen MR) is 292 cm³/mol. The van der Waals surface area contributed by atoms with E-state index in [4.69, 9.17) is 13.9 Å². The third kappa shape index (κ3) is 6.16. The van der Waals surface area contributed by atoms with Crippen molar-refractivity contribution in [2.24, 2.45) is 0 Å². The second-order valence-corrected chi connectivity index (χ2v) is 18.7. The third-order valence-electron chi connectivity index (χ3n) is 14.7. The van der Waals surface area contributed by atoms with Crippen molar-refractivity contribution in [2.45, 2.75) is 0 Å². The van der Waals surface area contributed by atoms with Crippen molar-refractivity contribution < 1.29 is 13.9 Å². The highest BCUT2D eigenvalue weighted by Gasteiger charge is 2.51. The van der Waals surface area contributed by atoms with Crippen LogP contribution in [0, 0.1) is 0 Å². The molecule has 0 fully saturated rings. The molecule has 7 heteroatoms. The molecule has 0 saturated carbocycles. The Labute approximate surface area is 412 Å². The van der Waals surface area contributed by atoms with Gasteiger partial charge in [-0.3, -0.25) is 0 Å². The van der Waals surface area contributed by atoms with Gasteiger partial charge in [0.1, 0.15) is 22.8 Å². The Morgan fingerprint density at radius 2 is 0.606 bits per heavy atom. The molecule has 0 atom stereocenters. The van der Waals surface area contributed by atoms with Crippen molar-refractivity contribution in [1.29, 1.82) is 0 Å². The zero-order valence-electron chi connectivity index (χ0n) is 38.4. The van der Waals surface area contributed by atoms with Crippen LogP contribution in [0.3, 0.4) is 0 Å². The maximum absolute atomic E-state index is 7.44. The number of rotatable bonds is 6. The minimum atomic E-state index is -0.257. The SMILES string of the molecule is c1ccc(-c2cc(-c3ccccc3)cc(N3c4ccccc4B4c5oc6c(c5Oc5cccc3c54)Oc3cccc4c3B6c3ccccc3N4c3cc(-c4ccccc4)cc(-c4ccccc4)c3)c2)cc1. The van der Waals surface area contributed by atoms with Crippen molar-refractivity contribution in [2.75, 3.05) is 9.80 Å². The molecule has 0 saturated heterocycles.